The Hall–Kier alpha value is -1.43. The third-order valence-corrected chi connectivity index (χ3v) is 4.08. The van der Waals surface area contributed by atoms with Crippen molar-refractivity contribution in [3.63, 3.8) is 0 Å². The first-order chi connectivity index (χ1) is 9.25. The third kappa shape index (κ3) is 2.49. The molecule has 3 rings (SSSR count). The van der Waals surface area contributed by atoms with Crippen LogP contribution in [0.25, 0.3) is 0 Å². The van der Waals surface area contributed by atoms with Gasteiger partial charge in [0.1, 0.15) is 6.10 Å². The van der Waals surface area contributed by atoms with Crippen molar-refractivity contribution in [2.75, 3.05) is 6.61 Å². The number of nitrogens with zero attached hydrogens (tertiary/aromatic N) is 2. The normalized spacial score (nSPS) is 31.5. The number of aromatic nitrogens is 2. The van der Waals surface area contributed by atoms with Crippen molar-refractivity contribution in [2.24, 2.45) is 5.92 Å². The predicted molar refractivity (Wildman–Crippen MR) is 64.6 cm³/mol. The van der Waals surface area contributed by atoms with E-state index in [9.17, 15) is 9.90 Å². The van der Waals surface area contributed by atoms with Gasteiger partial charge in [0.25, 0.3) is 0 Å². The van der Waals surface area contributed by atoms with Crippen molar-refractivity contribution in [1.82, 2.24) is 10.1 Å². The molecule has 0 spiro atoms. The molecule has 3 atom stereocenters. The molecule has 19 heavy (non-hydrogen) atoms. The lowest BCUT2D eigenvalue weighted by molar-refractivity contribution is -0.143. The summed E-state index contributed by atoms with van der Waals surface area (Å²) in [6.07, 6.45) is 5.32. The van der Waals surface area contributed by atoms with Gasteiger partial charge in [-0.05, 0) is 25.7 Å². The quantitative estimate of drug-likeness (QED) is 0.903. The van der Waals surface area contributed by atoms with Crippen LogP contribution >= 0.6 is 0 Å². The van der Waals surface area contributed by atoms with Crippen LogP contribution < -0.4 is 0 Å². The molecule has 6 heteroatoms. The van der Waals surface area contributed by atoms with E-state index in [-0.39, 0.29) is 12.0 Å². The molecule has 1 saturated carbocycles. The zero-order chi connectivity index (χ0) is 13.2. The summed E-state index contributed by atoms with van der Waals surface area (Å²) in [5.41, 5.74) is 0. The van der Waals surface area contributed by atoms with E-state index >= 15 is 0 Å². The SMILES string of the molecule is O=C(O)C1CCCCC1c1nc(C2CCCO2)no1. The van der Waals surface area contributed by atoms with Crippen LogP contribution in [0.15, 0.2) is 4.52 Å². The smallest absolute Gasteiger partial charge is 0.307 e. The van der Waals surface area contributed by atoms with Crippen molar-refractivity contribution < 1.29 is 19.2 Å². The maximum atomic E-state index is 11.3. The van der Waals surface area contributed by atoms with Crippen molar-refractivity contribution in [3.05, 3.63) is 11.7 Å². The summed E-state index contributed by atoms with van der Waals surface area (Å²) in [6, 6.07) is 0. The van der Waals surface area contributed by atoms with Crippen LogP contribution in [-0.4, -0.2) is 27.8 Å². The molecule has 2 heterocycles. The van der Waals surface area contributed by atoms with E-state index in [4.69, 9.17) is 9.26 Å². The molecule has 2 aliphatic rings. The van der Waals surface area contributed by atoms with Gasteiger partial charge < -0.3 is 14.4 Å². The van der Waals surface area contributed by atoms with Crippen LogP contribution in [0.2, 0.25) is 0 Å². The Labute approximate surface area is 111 Å². The highest BCUT2D eigenvalue weighted by molar-refractivity contribution is 5.71. The largest absolute Gasteiger partial charge is 0.481 e. The fraction of sp³-hybridized carbons (Fsp3) is 0.769. The Morgan fingerprint density at radius 3 is 2.79 bits per heavy atom. The Morgan fingerprint density at radius 2 is 2.05 bits per heavy atom. The first-order valence-electron chi connectivity index (χ1n) is 6.93. The monoisotopic (exact) mass is 266 g/mol. The molecule has 0 aromatic carbocycles. The molecular formula is C13H18N2O4. The molecule has 1 saturated heterocycles. The van der Waals surface area contributed by atoms with Gasteiger partial charge in [-0.2, -0.15) is 4.98 Å². The van der Waals surface area contributed by atoms with Gasteiger partial charge in [0.15, 0.2) is 0 Å². The van der Waals surface area contributed by atoms with E-state index < -0.39 is 11.9 Å². The molecular weight excluding hydrogens is 248 g/mol. The molecule has 0 radical (unpaired) electrons. The van der Waals surface area contributed by atoms with E-state index in [2.05, 4.69) is 10.1 Å². The molecule has 1 aliphatic heterocycles. The van der Waals surface area contributed by atoms with Crippen LogP contribution in [0, 0.1) is 5.92 Å². The van der Waals surface area contributed by atoms with Gasteiger partial charge in [-0.15, -0.1) is 0 Å². The van der Waals surface area contributed by atoms with Crippen LogP contribution in [0.5, 0.6) is 0 Å². The lowest BCUT2D eigenvalue weighted by Gasteiger charge is -2.25. The fourth-order valence-electron chi connectivity index (χ4n) is 3.03. The molecule has 1 aliphatic carbocycles. The molecule has 0 amide bonds. The number of aliphatic carboxylic acids is 1. The van der Waals surface area contributed by atoms with Gasteiger partial charge in [0, 0.05) is 6.61 Å². The molecule has 0 bridgehead atoms. The Balaban J connectivity index is 1.78. The number of carboxylic acids is 1. The van der Waals surface area contributed by atoms with Crippen molar-refractivity contribution in [3.8, 4) is 0 Å². The van der Waals surface area contributed by atoms with Crippen LogP contribution in [-0.2, 0) is 9.53 Å². The lowest BCUT2D eigenvalue weighted by Crippen LogP contribution is -2.25. The van der Waals surface area contributed by atoms with Crippen LogP contribution in [0.1, 0.15) is 62.3 Å². The van der Waals surface area contributed by atoms with Gasteiger partial charge in [-0.25, -0.2) is 0 Å². The molecule has 104 valence electrons. The van der Waals surface area contributed by atoms with E-state index in [0.29, 0.717) is 18.1 Å². The molecule has 6 nitrogen and oxygen atoms in total. The number of hydrogen-bond acceptors (Lipinski definition) is 5. The Bertz CT molecular complexity index is 453. The summed E-state index contributed by atoms with van der Waals surface area (Å²) >= 11 is 0. The van der Waals surface area contributed by atoms with Gasteiger partial charge in [-0.3, -0.25) is 4.79 Å². The summed E-state index contributed by atoms with van der Waals surface area (Å²) < 4.78 is 10.8. The van der Waals surface area contributed by atoms with Gasteiger partial charge in [-0.1, -0.05) is 18.0 Å². The standard InChI is InChI=1S/C13H18N2O4/c16-13(17)9-5-2-1-4-8(9)12-14-11(15-19-12)10-6-3-7-18-10/h8-10H,1-7H2,(H,16,17). The number of ether oxygens (including phenoxy) is 1. The predicted octanol–water partition coefficient (Wildman–Crippen LogP) is 2.28. The fourth-order valence-corrected chi connectivity index (χ4v) is 3.03. The van der Waals surface area contributed by atoms with Gasteiger partial charge in [0.2, 0.25) is 11.7 Å². The zero-order valence-corrected chi connectivity index (χ0v) is 10.7. The highest BCUT2D eigenvalue weighted by Gasteiger charge is 2.36. The minimum atomic E-state index is -0.762. The second-order valence-electron chi connectivity index (χ2n) is 5.33. The first-order valence-corrected chi connectivity index (χ1v) is 6.93. The van der Waals surface area contributed by atoms with Crippen LogP contribution in [0.4, 0.5) is 0 Å². The summed E-state index contributed by atoms with van der Waals surface area (Å²) in [4.78, 5) is 15.7. The topological polar surface area (TPSA) is 85.5 Å². The molecule has 1 aromatic heterocycles. The summed E-state index contributed by atoms with van der Waals surface area (Å²) in [6.45, 7) is 0.732. The maximum Gasteiger partial charge on any atom is 0.307 e. The third-order valence-electron chi connectivity index (χ3n) is 4.08. The second kappa shape index (κ2) is 5.28. The summed E-state index contributed by atoms with van der Waals surface area (Å²) in [5, 5.41) is 13.2. The first kappa shape index (κ1) is 12.6. The van der Waals surface area contributed by atoms with E-state index in [0.717, 1.165) is 38.7 Å². The van der Waals surface area contributed by atoms with Crippen molar-refractivity contribution >= 4 is 5.97 Å². The Morgan fingerprint density at radius 1 is 1.21 bits per heavy atom. The lowest BCUT2D eigenvalue weighted by atomic mass is 9.79. The molecule has 1 N–H and O–H groups in total. The second-order valence-corrected chi connectivity index (χ2v) is 5.33. The number of rotatable bonds is 3. The van der Waals surface area contributed by atoms with E-state index in [1.807, 2.05) is 0 Å². The number of carbonyl (C=O) groups is 1. The Kier molecular flexibility index (Phi) is 3.50. The zero-order valence-electron chi connectivity index (χ0n) is 10.7. The number of hydrogen-bond donors (Lipinski definition) is 1. The molecule has 3 unspecified atom stereocenters. The highest BCUT2D eigenvalue weighted by atomic mass is 16.5. The average molecular weight is 266 g/mol. The maximum absolute atomic E-state index is 11.3. The average Bonchev–Trinajstić information content (AvgIpc) is 3.09. The minimum Gasteiger partial charge on any atom is -0.481 e. The van der Waals surface area contributed by atoms with Crippen molar-refractivity contribution in [2.45, 2.75) is 50.5 Å². The molecule has 2 fully saturated rings. The number of carboxylic acid groups (broad SMARTS) is 1. The molecule has 1 aromatic rings. The summed E-state index contributed by atoms with van der Waals surface area (Å²) in [7, 11) is 0. The van der Waals surface area contributed by atoms with Crippen molar-refractivity contribution in [1.29, 1.82) is 0 Å². The van der Waals surface area contributed by atoms with Crippen LogP contribution in [0.3, 0.4) is 0 Å². The van der Waals surface area contributed by atoms with E-state index in [1.165, 1.54) is 0 Å². The van der Waals surface area contributed by atoms with E-state index in [1.54, 1.807) is 0 Å². The highest BCUT2D eigenvalue weighted by Crippen LogP contribution is 2.38. The van der Waals surface area contributed by atoms with Gasteiger partial charge >= 0.3 is 5.97 Å². The van der Waals surface area contributed by atoms with Gasteiger partial charge in [0.05, 0.1) is 11.8 Å². The summed E-state index contributed by atoms with van der Waals surface area (Å²) in [5.74, 6) is -0.262. The minimum absolute atomic E-state index is 0.0793.